The number of rotatable bonds is 14. The first kappa shape index (κ1) is 20.5. The SMILES string of the molecule is CCCCCCCCCCCC(=O)OC(C[Se]C)C(=O)O. The van der Waals surface area contributed by atoms with Gasteiger partial charge in [0.25, 0.3) is 0 Å². The first-order valence-electron chi connectivity index (χ1n) is 8.03. The van der Waals surface area contributed by atoms with Gasteiger partial charge in [-0.25, -0.2) is 0 Å². The molecule has 0 saturated heterocycles. The van der Waals surface area contributed by atoms with Gasteiger partial charge >= 0.3 is 115 Å². The molecule has 5 heteroatoms. The van der Waals surface area contributed by atoms with Crippen molar-refractivity contribution in [3.8, 4) is 0 Å². The summed E-state index contributed by atoms with van der Waals surface area (Å²) in [5.74, 6) is 0.547. The summed E-state index contributed by atoms with van der Waals surface area (Å²) >= 11 is 0.196. The van der Waals surface area contributed by atoms with E-state index in [2.05, 4.69) is 6.92 Å². The van der Waals surface area contributed by atoms with E-state index in [4.69, 9.17) is 9.84 Å². The number of carbonyl (C=O) groups excluding carboxylic acids is 1. The topological polar surface area (TPSA) is 63.6 Å². The molecule has 0 rings (SSSR count). The molecule has 1 N–H and O–H groups in total. The Morgan fingerprint density at radius 3 is 2.00 bits per heavy atom. The minimum absolute atomic E-state index is 0.196. The third-order valence-corrected chi connectivity index (χ3v) is 4.69. The molecule has 21 heavy (non-hydrogen) atoms. The standard InChI is InChI=1S/C16H30O4Se/c1-3-4-5-6-7-8-9-10-11-12-15(17)20-14(13-21-2)16(18)19/h14H,3-13H2,1-2H3,(H,18,19). The Balaban J connectivity index is 3.50. The van der Waals surface area contributed by atoms with Crippen molar-refractivity contribution in [2.45, 2.75) is 88.4 Å². The van der Waals surface area contributed by atoms with E-state index in [0.29, 0.717) is 11.7 Å². The molecule has 0 aliphatic heterocycles. The molecule has 0 aromatic rings. The van der Waals surface area contributed by atoms with Crippen molar-refractivity contribution in [1.82, 2.24) is 0 Å². The minimum atomic E-state index is -1.03. The van der Waals surface area contributed by atoms with E-state index in [1.807, 2.05) is 5.82 Å². The van der Waals surface area contributed by atoms with Crippen LogP contribution < -0.4 is 0 Å². The summed E-state index contributed by atoms with van der Waals surface area (Å²) in [4.78, 5) is 22.4. The molecule has 0 bridgehead atoms. The molecule has 124 valence electrons. The molecule has 0 aliphatic rings. The number of carboxylic acid groups (broad SMARTS) is 1. The monoisotopic (exact) mass is 366 g/mol. The second-order valence-electron chi connectivity index (χ2n) is 5.35. The number of ether oxygens (including phenoxy) is 1. The molecule has 0 heterocycles. The number of unbranched alkanes of at least 4 members (excludes halogenated alkanes) is 8. The second kappa shape index (κ2) is 14.4. The van der Waals surface area contributed by atoms with Crippen molar-refractivity contribution in [3.63, 3.8) is 0 Å². The summed E-state index contributed by atoms with van der Waals surface area (Å²) in [5.41, 5.74) is 0. The number of aliphatic carboxylic acids is 1. The predicted molar refractivity (Wildman–Crippen MR) is 85.8 cm³/mol. The number of carbonyl (C=O) groups is 2. The van der Waals surface area contributed by atoms with Crippen molar-refractivity contribution in [2.24, 2.45) is 0 Å². The molecule has 0 radical (unpaired) electrons. The number of hydrogen-bond donors (Lipinski definition) is 1. The molecular formula is C16H30O4Se. The van der Waals surface area contributed by atoms with Crippen LogP contribution in [-0.4, -0.2) is 38.1 Å². The summed E-state index contributed by atoms with van der Waals surface area (Å²) < 4.78 is 5.00. The summed E-state index contributed by atoms with van der Waals surface area (Å²) in [7, 11) is 0. The summed E-state index contributed by atoms with van der Waals surface area (Å²) in [6.45, 7) is 2.22. The Labute approximate surface area is 135 Å². The summed E-state index contributed by atoms with van der Waals surface area (Å²) in [6, 6.07) is 0. The average molecular weight is 365 g/mol. The van der Waals surface area contributed by atoms with Gasteiger partial charge in [0.15, 0.2) is 0 Å². The zero-order valence-electron chi connectivity index (χ0n) is 13.4. The first-order chi connectivity index (χ1) is 10.1. The Morgan fingerprint density at radius 1 is 1.00 bits per heavy atom. The van der Waals surface area contributed by atoms with Crippen LogP contribution in [0.25, 0.3) is 0 Å². The average Bonchev–Trinajstić information content (AvgIpc) is 2.45. The van der Waals surface area contributed by atoms with Crippen LogP contribution in [0.5, 0.6) is 0 Å². The maximum absolute atomic E-state index is 11.6. The molecule has 0 aromatic carbocycles. The van der Waals surface area contributed by atoms with Gasteiger partial charge in [-0.3, -0.25) is 0 Å². The zero-order valence-corrected chi connectivity index (χ0v) is 15.1. The quantitative estimate of drug-likeness (QED) is 0.286. The normalized spacial score (nSPS) is 12.1. The van der Waals surface area contributed by atoms with E-state index in [-0.39, 0.29) is 20.9 Å². The fourth-order valence-electron chi connectivity index (χ4n) is 2.10. The van der Waals surface area contributed by atoms with E-state index < -0.39 is 12.1 Å². The molecule has 0 amide bonds. The number of esters is 1. The zero-order chi connectivity index (χ0) is 15.9. The number of carboxylic acids is 1. The van der Waals surface area contributed by atoms with Crippen molar-refractivity contribution >= 4 is 26.9 Å². The van der Waals surface area contributed by atoms with Crippen molar-refractivity contribution in [1.29, 1.82) is 0 Å². The van der Waals surface area contributed by atoms with Crippen LogP contribution in [0.1, 0.15) is 71.1 Å². The van der Waals surface area contributed by atoms with E-state index in [0.717, 1.165) is 19.3 Å². The molecule has 0 aromatic heterocycles. The second-order valence-corrected chi connectivity index (χ2v) is 7.26. The molecule has 0 spiro atoms. The Morgan fingerprint density at radius 2 is 1.52 bits per heavy atom. The van der Waals surface area contributed by atoms with Gasteiger partial charge in [-0.2, -0.15) is 0 Å². The third-order valence-electron chi connectivity index (χ3n) is 3.35. The first-order valence-corrected chi connectivity index (χ1v) is 11.0. The van der Waals surface area contributed by atoms with E-state index >= 15 is 0 Å². The Hall–Kier alpha value is -0.541. The van der Waals surface area contributed by atoms with E-state index in [1.165, 1.54) is 38.5 Å². The van der Waals surface area contributed by atoms with Crippen molar-refractivity contribution in [3.05, 3.63) is 0 Å². The third kappa shape index (κ3) is 12.9. The van der Waals surface area contributed by atoms with Crippen LogP contribution in [0.3, 0.4) is 0 Å². The maximum atomic E-state index is 11.6. The molecule has 0 aliphatic carbocycles. The van der Waals surface area contributed by atoms with Crippen LogP contribution in [0.2, 0.25) is 11.1 Å². The molecular weight excluding hydrogens is 335 g/mol. The fourth-order valence-corrected chi connectivity index (χ4v) is 3.18. The van der Waals surface area contributed by atoms with Crippen LogP contribution in [0, 0.1) is 0 Å². The molecule has 0 saturated carbocycles. The molecule has 1 atom stereocenters. The van der Waals surface area contributed by atoms with Crippen molar-refractivity contribution < 1.29 is 19.4 Å². The van der Waals surface area contributed by atoms with Gasteiger partial charge in [-0.15, -0.1) is 0 Å². The van der Waals surface area contributed by atoms with Gasteiger partial charge in [0.05, 0.1) is 0 Å². The summed E-state index contributed by atoms with van der Waals surface area (Å²) in [5, 5.41) is 9.37. The number of hydrogen-bond acceptors (Lipinski definition) is 3. The molecule has 1 unspecified atom stereocenters. The van der Waals surface area contributed by atoms with Gasteiger partial charge < -0.3 is 0 Å². The van der Waals surface area contributed by atoms with Crippen LogP contribution in [0.15, 0.2) is 0 Å². The van der Waals surface area contributed by atoms with Gasteiger partial charge in [0.1, 0.15) is 0 Å². The summed E-state index contributed by atoms with van der Waals surface area (Å²) in [6.07, 6.45) is 10.1. The Kier molecular flexibility index (Phi) is 14.0. The fraction of sp³-hybridized carbons (Fsp3) is 0.875. The van der Waals surface area contributed by atoms with Gasteiger partial charge in [0.2, 0.25) is 0 Å². The van der Waals surface area contributed by atoms with Crippen molar-refractivity contribution in [2.75, 3.05) is 0 Å². The van der Waals surface area contributed by atoms with Crippen LogP contribution in [0.4, 0.5) is 0 Å². The van der Waals surface area contributed by atoms with Crippen LogP contribution in [-0.2, 0) is 14.3 Å². The van der Waals surface area contributed by atoms with Crippen LogP contribution >= 0.6 is 0 Å². The van der Waals surface area contributed by atoms with Gasteiger partial charge in [-0.05, 0) is 0 Å². The predicted octanol–water partition coefficient (Wildman–Crippen LogP) is 4.07. The van der Waals surface area contributed by atoms with Gasteiger partial charge in [-0.1, -0.05) is 19.8 Å². The molecule has 0 fully saturated rings. The van der Waals surface area contributed by atoms with E-state index in [9.17, 15) is 9.59 Å². The van der Waals surface area contributed by atoms with E-state index in [1.54, 1.807) is 0 Å². The van der Waals surface area contributed by atoms with Gasteiger partial charge in [0, 0.05) is 0 Å². The Bertz CT molecular complexity index is 281. The molecule has 4 nitrogen and oxygen atoms in total.